The second-order valence-corrected chi connectivity index (χ2v) is 6.85. The Labute approximate surface area is 125 Å². The smallest absolute Gasteiger partial charge is 0.0377 e. The van der Waals surface area contributed by atoms with Gasteiger partial charge in [-0.3, -0.25) is 0 Å². The van der Waals surface area contributed by atoms with Crippen molar-refractivity contribution in [2.24, 2.45) is 5.92 Å². The molecule has 1 N–H and O–H groups in total. The fourth-order valence-electron chi connectivity index (χ4n) is 2.38. The van der Waals surface area contributed by atoms with Gasteiger partial charge in [-0.2, -0.15) is 0 Å². The van der Waals surface area contributed by atoms with Crippen LogP contribution in [0.3, 0.4) is 0 Å². The van der Waals surface area contributed by atoms with E-state index in [0.717, 1.165) is 19.1 Å². The first-order chi connectivity index (χ1) is 9.08. The first-order valence-corrected chi connectivity index (χ1v) is 8.09. The van der Waals surface area contributed by atoms with Crippen molar-refractivity contribution in [3.05, 3.63) is 28.2 Å². The van der Waals surface area contributed by atoms with Gasteiger partial charge in [-0.15, -0.1) is 0 Å². The summed E-state index contributed by atoms with van der Waals surface area (Å²) < 4.78 is 1.22. The largest absolute Gasteiger partial charge is 0.372 e. The molecule has 19 heavy (non-hydrogen) atoms. The lowest BCUT2D eigenvalue weighted by Crippen LogP contribution is -2.37. The third-order valence-electron chi connectivity index (χ3n) is 3.93. The van der Waals surface area contributed by atoms with Gasteiger partial charge >= 0.3 is 0 Å². The van der Waals surface area contributed by atoms with Crippen LogP contribution >= 0.6 is 15.9 Å². The van der Waals surface area contributed by atoms with Gasteiger partial charge < -0.3 is 10.2 Å². The summed E-state index contributed by atoms with van der Waals surface area (Å²) in [5.74, 6) is 0.697. The average Bonchev–Trinajstić information content (AvgIpc) is 2.28. The molecule has 1 aliphatic rings. The number of rotatable bonds is 6. The van der Waals surface area contributed by atoms with E-state index in [9.17, 15) is 0 Å². The van der Waals surface area contributed by atoms with E-state index in [1.165, 1.54) is 35.0 Å². The zero-order valence-electron chi connectivity index (χ0n) is 12.2. The molecule has 1 aliphatic carbocycles. The van der Waals surface area contributed by atoms with Crippen molar-refractivity contribution in [2.75, 3.05) is 18.5 Å². The van der Waals surface area contributed by atoms with Gasteiger partial charge in [-0.25, -0.2) is 0 Å². The summed E-state index contributed by atoms with van der Waals surface area (Å²) in [6, 6.07) is 7.49. The Bertz CT molecular complexity index is 413. The van der Waals surface area contributed by atoms with Gasteiger partial charge in [-0.1, -0.05) is 35.8 Å². The minimum atomic E-state index is 0.697. The summed E-state index contributed by atoms with van der Waals surface area (Å²) in [6.07, 6.45) is 4.06. The van der Waals surface area contributed by atoms with Crippen LogP contribution in [-0.2, 0) is 6.54 Å². The highest BCUT2D eigenvalue weighted by atomic mass is 79.9. The van der Waals surface area contributed by atoms with Crippen molar-refractivity contribution in [2.45, 2.75) is 45.7 Å². The quantitative estimate of drug-likeness (QED) is 0.844. The number of nitrogens with zero attached hydrogens (tertiary/aromatic N) is 1. The third kappa shape index (κ3) is 3.96. The molecule has 106 valence electrons. The number of halogens is 1. The van der Waals surface area contributed by atoms with Crippen LogP contribution in [0.15, 0.2) is 22.7 Å². The molecule has 3 heteroatoms. The first-order valence-electron chi connectivity index (χ1n) is 7.30. The predicted octanol–water partition coefficient (Wildman–Crippen LogP) is 4.18. The van der Waals surface area contributed by atoms with Crippen LogP contribution in [-0.4, -0.2) is 19.6 Å². The Morgan fingerprint density at radius 1 is 1.37 bits per heavy atom. The first kappa shape index (κ1) is 14.9. The molecule has 1 fully saturated rings. The minimum absolute atomic E-state index is 0.697. The molecular formula is C16H25BrN2. The Balaban J connectivity index is 1.96. The molecule has 0 bridgehead atoms. The number of benzene rings is 1. The number of nitrogens with one attached hydrogen (secondary N) is 1. The summed E-state index contributed by atoms with van der Waals surface area (Å²) in [7, 11) is 2.21. The van der Waals surface area contributed by atoms with E-state index in [1.807, 2.05) is 0 Å². The monoisotopic (exact) mass is 324 g/mol. The summed E-state index contributed by atoms with van der Waals surface area (Å²) in [6.45, 7) is 6.47. The molecule has 1 saturated carbocycles. The molecule has 2 rings (SSSR count). The fourth-order valence-corrected chi connectivity index (χ4v) is 2.89. The Kier molecular flexibility index (Phi) is 5.28. The highest BCUT2D eigenvalue weighted by molar-refractivity contribution is 9.10. The van der Waals surface area contributed by atoms with Crippen LogP contribution in [0.5, 0.6) is 0 Å². The zero-order valence-corrected chi connectivity index (χ0v) is 13.8. The van der Waals surface area contributed by atoms with Gasteiger partial charge in [0.1, 0.15) is 0 Å². The SMILES string of the molecule is CC(C)CNCc1ccc(N(C)C2CCC2)cc1Br. The zero-order chi connectivity index (χ0) is 13.8. The predicted molar refractivity (Wildman–Crippen MR) is 86.7 cm³/mol. The highest BCUT2D eigenvalue weighted by Crippen LogP contribution is 2.30. The van der Waals surface area contributed by atoms with Gasteiger partial charge in [0.15, 0.2) is 0 Å². The van der Waals surface area contributed by atoms with Gasteiger partial charge in [0.05, 0.1) is 0 Å². The van der Waals surface area contributed by atoms with Gasteiger partial charge in [0.2, 0.25) is 0 Å². The molecule has 0 spiro atoms. The average molecular weight is 325 g/mol. The van der Waals surface area contributed by atoms with Crippen molar-refractivity contribution in [3.8, 4) is 0 Å². The molecule has 0 amide bonds. The second kappa shape index (κ2) is 6.76. The van der Waals surface area contributed by atoms with Gasteiger partial charge in [0.25, 0.3) is 0 Å². The molecule has 0 aromatic heterocycles. The molecule has 0 unspecified atom stereocenters. The van der Waals surface area contributed by atoms with E-state index < -0.39 is 0 Å². The third-order valence-corrected chi connectivity index (χ3v) is 4.67. The van der Waals surface area contributed by atoms with E-state index in [0.29, 0.717) is 5.92 Å². The van der Waals surface area contributed by atoms with E-state index in [-0.39, 0.29) is 0 Å². The lowest BCUT2D eigenvalue weighted by atomic mass is 9.91. The number of anilines is 1. The van der Waals surface area contributed by atoms with Crippen molar-refractivity contribution in [1.82, 2.24) is 5.32 Å². The molecule has 0 heterocycles. The standard InChI is InChI=1S/C16H25BrN2/c1-12(2)10-18-11-13-7-8-15(9-16(13)17)19(3)14-5-4-6-14/h7-9,12,14,18H,4-6,10-11H2,1-3H3. The lowest BCUT2D eigenvalue weighted by molar-refractivity contribution is 0.401. The van der Waals surface area contributed by atoms with Crippen molar-refractivity contribution >= 4 is 21.6 Å². The molecule has 0 saturated heterocycles. The van der Waals surface area contributed by atoms with Gasteiger partial charge in [0, 0.05) is 29.8 Å². The summed E-state index contributed by atoms with van der Waals surface area (Å²) in [5, 5.41) is 3.49. The van der Waals surface area contributed by atoms with E-state index in [2.05, 4.69) is 65.2 Å². The molecule has 2 nitrogen and oxygen atoms in total. The van der Waals surface area contributed by atoms with Crippen LogP contribution < -0.4 is 10.2 Å². The molecule has 0 atom stereocenters. The van der Waals surface area contributed by atoms with Crippen LogP contribution in [0.2, 0.25) is 0 Å². The van der Waals surface area contributed by atoms with Crippen LogP contribution in [0, 0.1) is 5.92 Å². The maximum atomic E-state index is 3.71. The molecule has 1 aromatic carbocycles. The van der Waals surface area contributed by atoms with Crippen molar-refractivity contribution < 1.29 is 0 Å². The number of hydrogen-bond donors (Lipinski definition) is 1. The van der Waals surface area contributed by atoms with E-state index in [1.54, 1.807) is 0 Å². The maximum Gasteiger partial charge on any atom is 0.0377 e. The molecular weight excluding hydrogens is 300 g/mol. The van der Waals surface area contributed by atoms with Crippen LogP contribution in [0.25, 0.3) is 0 Å². The molecule has 0 radical (unpaired) electrons. The van der Waals surface area contributed by atoms with Crippen LogP contribution in [0.1, 0.15) is 38.7 Å². The van der Waals surface area contributed by atoms with Gasteiger partial charge in [-0.05, 0) is 49.4 Å². The Hall–Kier alpha value is -0.540. The topological polar surface area (TPSA) is 15.3 Å². The second-order valence-electron chi connectivity index (χ2n) is 6.00. The summed E-state index contributed by atoms with van der Waals surface area (Å²) >= 11 is 3.71. The van der Waals surface area contributed by atoms with Crippen LogP contribution in [0.4, 0.5) is 5.69 Å². The fraction of sp³-hybridized carbons (Fsp3) is 0.625. The Morgan fingerprint density at radius 2 is 2.11 bits per heavy atom. The van der Waals surface area contributed by atoms with Crippen molar-refractivity contribution in [1.29, 1.82) is 0 Å². The van der Waals surface area contributed by atoms with E-state index in [4.69, 9.17) is 0 Å². The molecule has 0 aliphatic heterocycles. The lowest BCUT2D eigenvalue weighted by Gasteiger charge is -2.36. The maximum absolute atomic E-state index is 3.71. The van der Waals surface area contributed by atoms with Crippen molar-refractivity contribution in [3.63, 3.8) is 0 Å². The summed E-state index contributed by atoms with van der Waals surface area (Å²) in [4.78, 5) is 2.42. The summed E-state index contributed by atoms with van der Waals surface area (Å²) in [5.41, 5.74) is 2.66. The minimum Gasteiger partial charge on any atom is -0.372 e. The Morgan fingerprint density at radius 3 is 2.63 bits per heavy atom. The normalized spacial score (nSPS) is 15.6. The highest BCUT2D eigenvalue weighted by Gasteiger charge is 2.22. The number of hydrogen-bond acceptors (Lipinski definition) is 2. The molecule has 1 aromatic rings. The van der Waals surface area contributed by atoms with E-state index >= 15 is 0 Å².